The molecule has 0 aliphatic carbocycles. The summed E-state index contributed by atoms with van der Waals surface area (Å²) in [6, 6.07) is 13.1. The second kappa shape index (κ2) is 6.95. The molecule has 0 atom stereocenters. The molecule has 5 heteroatoms. The highest BCUT2D eigenvalue weighted by Gasteiger charge is 2.05. The van der Waals surface area contributed by atoms with E-state index in [1.165, 1.54) is 0 Å². The Labute approximate surface area is 136 Å². The number of carbonyl (C=O) groups is 1. The molecule has 0 spiro atoms. The fraction of sp³-hybridized carbons (Fsp3) is 0.133. The molecule has 0 saturated heterocycles. The molecule has 104 valence electrons. The lowest BCUT2D eigenvalue weighted by molar-refractivity contribution is 0.251. The van der Waals surface area contributed by atoms with Crippen LogP contribution in [0.5, 0.6) is 0 Å². The summed E-state index contributed by atoms with van der Waals surface area (Å²) >= 11 is 8.28. The molecule has 2 amide bonds. The number of benzene rings is 2. The van der Waals surface area contributed by atoms with Crippen LogP contribution in [0.3, 0.4) is 0 Å². The Bertz CT molecular complexity index is 631. The second-order valence-corrected chi connectivity index (χ2v) is 6.01. The third-order valence-electron chi connectivity index (χ3n) is 2.83. The van der Waals surface area contributed by atoms with Gasteiger partial charge in [0, 0.05) is 20.8 Å². The maximum Gasteiger partial charge on any atom is 0.319 e. The van der Waals surface area contributed by atoms with Crippen molar-refractivity contribution >= 4 is 45.9 Å². The molecule has 0 saturated carbocycles. The molecule has 2 aromatic carbocycles. The van der Waals surface area contributed by atoms with Gasteiger partial charge in [-0.05, 0) is 64.9 Å². The lowest BCUT2D eigenvalue weighted by Gasteiger charge is -2.11. The van der Waals surface area contributed by atoms with Crippen molar-refractivity contribution in [3.63, 3.8) is 0 Å². The maximum absolute atomic E-state index is 11.9. The van der Waals surface area contributed by atoms with Crippen molar-refractivity contribution in [2.45, 2.75) is 13.5 Å². The van der Waals surface area contributed by atoms with Gasteiger partial charge in [0.2, 0.25) is 0 Å². The molecule has 0 heterocycles. The van der Waals surface area contributed by atoms with Crippen LogP contribution in [0.2, 0.25) is 5.02 Å². The number of nitrogens with one attached hydrogen (secondary N) is 2. The molecule has 2 rings (SSSR count). The van der Waals surface area contributed by atoms with Crippen LogP contribution in [0, 0.1) is 10.5 Å². The Balaban J connectivity index is 1.94. The van der Waals surface area contributed by atoms with Gasteiger partial charge in [0.15, 0.2) is 0 Å². The van der Waals surface area contributed by atoms with E-state index in [1.54, 1.807) is 6.07 Å². The number of hydrogen-bond donors (Lipinski definition) is 2. The number of aryl methyl sites for hydroxylation is 1. The van der Waals surface area contributed by atoms with Crippen molar-refractivity contribution in [2.24, 2.45) is 0 Å². The highest BCUT2D eigenvalue weighted by molar-refractivity contribution is 14.1. The Morgan fingerprint density at radius 2 is 2.00 bits per heavy atom. The van der Waals surface area contributed by atoms with E-state index in [0.717, 1.165) is 20.4 Å². The number of urea groups is 1. The summed E-state index contributed by atoms with van der Waals surface area (Å²) in [5.41, 5.74) is 2.73. The number of amides is 2. The van der Waals surface area contributed by atoms with Gasteiger partial charge in [0.1, 0.15) is 0 Å². The van der Waals surface area contributed by atoms with Crippen LogP contribution in [0.1, 0.15) is 11.1 Å². The first-order valence-corrected chi connectivity index (χ1v) is 7.56. The lowest BCUT2D eigenvalue weighted by Crippen LogP contribution is -2.28. The van der Waals surface area contributed by atoms with E-state index in [2.05, 4.69) is 33.2 Å². The highest BCUT2D eigenvalue weighted by atomic mass is 127. The predicted octanol–water partition coefficient (Wildman–Crippen LogP) is 4.57. The fourth-order valence-corrected chi connectivity index (χ4v) is 2.60. The van der Waals surface area contributed by atoms with Crippen LogP contribution in [0.15, 0.2) is 42.5 Å². The summed E-state index contributed by atoms with van der Waals surface area (Å²) in [6.07, 6.45) is 0. The Morgan fingerprint density at radius 1 is 1.25 bits per heavy atom. The minimum absolute atomic E-state index is 0.241. The van der Waals surface area contributed by atoms with E-state index >= 15 is 0 Å². The van der Waals surface area contributed by atoms with Gasteiger partial charge in [-0.2, -0.15) is 0 Å². The van der Waals surface area contributed by atoms with E-state index in [9.17, 15) is 4.79 Å². The van der Waals surface area contributed by atoms with Gasteiger partial charge in [0.05, 0.1) is 0 Å². The van der Waals surface area contributed by atoms with Gasteiger partial charge in [0.25, 0.3) is 0 Å². The van der Waals surface area contributed by atoms with Crippen molar-refractivity contribution in [3.8, 4) is 0 Å². The van der Waals surface area contributed by atoms with Gasteiger partial charge in [-0.1, -0.05) is 29.8 Å². The summed E-state index contributed by atoms with van der Waals surface area (Å²) in [5, 5.41) is 6.28. The van der Waals surface area contributed by atoms with Crippen molar-refractivity contribution in [2.75, 3.05) is 5.32 Å². The summed E-state index contributed by atoms with van der Waals surface area (Å²) in [4.78, 5) is 11.9. The second-order valence-electron chi connectivity index (χ2n) is 4.36. The normalized spacial score (nSPS) is 10.2. The molecular weight excluding hydrogens is 387 g/mol. The molecule has 0 aromatic heterocycles. The molecular formula is C15H14ClIN2O. The van der Waals surface area contributed by atoms with Crippen LogP contribution in [0.25, 0.3) is 0 Å². The minimum Gasteiger partial charge on any atom is -0.334 e. The molecule has 0 fully saturated rings. The van der Waals surface area contributed by atoms with Crippen LogP contribution >= 0.6 is 34.2 Å². The first-order chi connectivity index (χ1) is 9.56. The number of carbonyl (C=O) groups excluding carboxylic acids is 1. The molecule has 2 N–H and O–H groups in total. The van der Waals surface area contributed by atoms with E-state index in [0.29, 0.717) is 11.6 Å². The maximum atomic E-state index is 11.9. The fourth-order valence-electron chi connectivity index (χ4n) is 1.75. The Kier molecular flexibility index (Phi) is 5.25. The van der Waals surface area contributed by atoms with Crippen molar-refractivity contribution in [1.82, 2.24) is 5.32 Å². The van der Waals surface area contributed by atoms with Crippen molar-refractivity contribution in [3.05, 3.63) is 62.2 Å². The van der Waals surface area contributed by atoms with Gasteiger partial charge in [-0.25, -0.2) is 4.79 Å². The standard InChI is InChI=1S/C15H14ClIN2O/c1-10-8-12(17)6-7-14(10)19-15(20)18-9-11-4-2-3-5-13(11)16/h2-8H,9H2,1H3,(H2,18,19,20). The summed E-state index contributed by atoms with van der Waals surface area (Å²) < 4.78 is 1.14. The third-order valence-corrected chi connectivity index (χ3v) is 3.87. The molecule has 0 aliphatic rings. The molecule has 0 radical (unpaired) electrons. The summed E-state index contributed by atoms with van der Waals surface area (Å²) in [6.45, 7) is 2.36. The molecule has 0 aliphatic heterocycles. The first kappa shape index (κ1) is 15.1. The Hall–Kier alpha value is -1.27. The number of anilines is 1. The number of hydrogen-bond acceptors (Lipinski definition) is 1. The van der Waals surface area contributed by atoms with E-state index in [4.69, 9.17) is 11.6 Å². The minimum atomic E-state index is -0.241. The topological polar surface area (TPSA) is 41.1 Å². The smallest absolute Gasteiger partial charge is 0.319 e. The number of halogens is 2. The average Bonchev–Trinajstić information content (AvgIpc) is 2.41. The zero-order valence-electron chi connectivity index (χ0n) is 10.9. The number of rotatable bonds is 3. The summed E-state index contributed by atoms with van der Waals surface area (Å²) in [7, 11) is 0. The largest absolute Gasteiger partial charge is 0.334 e. The molecule has 0 bridgehead atoms. The monoisotopic (exact) mass is 400 g/mol. The van der Waals surface area contributed by atoms with Gasteiger partial charge in [-0.3, -0.25) is 0 Å². The highest BCUT2D eigenvalue weighted by Crippen LogP contribution is 2.18. The Morgan fingerprint density at radius 3 is 2.70 bits per heavy atom. The third kappa shape index (κ3) is 4.11. The van der Waals surface area contributed by atoms with Gasteiger partial charge in [-0.15, -0.1) is 0 Å². The lowest BCUT2D eigenvalue weighted by atomic mass is 10.2. The van der Waals surface area contributed by atoms with Crippen LogP contribution in [0.4, 0.5) is 10.5 Å². The van der Waals surface area contributed by atoms with E-state index in [-0.39, 0.29) is 6.03 Å². The molecule has 2 aromatic rings. The van der Waals surface area contributed by atoms with Crippen molar-refractivity contribution < 1.29 is 4.79 Å². The average molecular weight is 401 g/mol. The zero-order chi connectivity index (χ0) is 14.5. The molecule has 3 nitrogen and oxygen atoms in total. The van der Waals surface area contributed by atoms with Crippen LogP contribution < -0.4 is 10.6 Å². The van der Waals surface area contributed by atoms with E-state index < -0.39 is 0 Å². The molecule has 0 unspecified atom stereocenters. The van der Waals surface area contributed by atoms with E-state index in [1.807, 2.05) is 43.3 Å². The van der Waals surface area contributed by atoms with Gasteiger partial charge < -0.3 is 10.6 Å². The van der Waals surface area contributed by atoms with Crippen LogP contribution in [-0.2, 0) is 6.54 Å². The SMILES string of the molecule is Cc1cc(I)ccc1NC(=O)NCc1ccccc1Cl. The first-order valence-electron chi connectivity index (χ1n) is 6.10. The zero-order valence-corrected chi connectivity index (χ0v) is 13.8. The predicted molar refractivity (Wildman–Crippen MR) is 91.2 cm³/mol. The van der Waals surface area contributed by atoms with Crippen molar-refractivity contribution in [1.29, 1.82) is 0 Å². The molecule has 20 heavy (non-hydrogen) atoms. The van der Waals surface area contributed by atoms with Gasteiger partial charge >= 0.3 is 6.03 Å². The summed E-state index contributed by atoms with van der Waals surface area (Å²) in [5.74, 6) is 0. The van der Waals surface area contributed by atoms with Crippen LogP contribution in [-0.4, -0.2) is 6.03 Å². The quantitative estimate of drug-likeness (QED) is 0.728.